The van der Waals surface area contributed by atoms with E-state index in [0.717, 1.165) is 48.2 Å². The summed E-state index contributed by atoms with van der Waals surface area (Å²) >= 11 is 6.31. The van der Waals surface area contributed by atoms with Crippen molar-refractivity contribution in [3.05, 3.63) is 33.9 Å². The molecule has 0 unspecified atom stereocenters. The lowest BCUT2D eigenvalue weighted by atomic mass is 9.91. The van der Waals surface area contributed by atoms with E-state index in [1.165, 1.54) is 24.0 Å². The summed E-state index contributed by atoms with van der Waals surface area (Å²) in [5.74, 6) is 1.89. The van der Waals surface area contributed by atoms with E-state index >= 15 is 0 Å². The summed E-state index contributed by atoms with van der Waals surface area (Å²) in [6, 6.07) is 3.89. The molecule has 0 radical (unpaired) electrons. The van der Waals surface area contributed by atoms with Gasteiger partial charge in [-0.3, -0.25) is 0 Å². The number of hydrogen-bond donors (Lipinski definition) is 1. The molecule has 2 nitrogen and oxygen atoms in total. The molecular weight excluding hydrogens is 258 g/mol. The average Bonchev–Trinajstić information content (AvgIpc) is 3.24. The van der Waals surface area contributed by atoms with Gasteiger partial charge in [0.05, 0.1) is 7.11 Å². The number of halogens is 1. The Hall–Kier alpha value is -0.990. The second-order valence-corrected chi connectivity index (χ2v) is 5.93. The highest BCUT2D eigenvalue weighted by Gasteiger charge is 2.21. The smallest absolute Gasteiger partial charge is 0.122 e. The number of fused-ring (bicyclic) bond motifs is 1. The number of benzene rings is 1. The Morgan fingerprint density at radius 3 is 2.89 bits per heavy atom. The molecule has 3 heteroatoms. The second kappa shape index (κ2) is 5.56. The lowest BCUT2D eigenvalue weighted by Gasteiger charge is -2.20. The highest BCUT2D eigenvalue weighted by Crippen LogP contribution is 2.35. The molecule has 0 heterocycles. The van der Waals surface area contributed by atoms with Gasteiger partial charge >= 0.3 is 0 Å². The van der Waals surface area contributed by atoms with Crippen LogP contribution >= 0.6 is 11.6 Å². The monoisotopic (exact) mass is 277 g/mol. The summed E-state index contributed by atoms with van der Waals surface area (Å²) < 4.78 is 5.42. The molecule has 0 saturated heterocycles. The molecule has 0 aliphatic heterocycles. The zero-order valence-electron chi connectivity index (χ0n) is 11.3. The molecule has 0 spiro atoms. The lowest BCUT2D eigenvalue weighted by Crippen LogP contribution is -2.21. The van der Waals surface area contributed by atoms with Gasteiger partial charge in [-0.05, 0) is 55.8 Å². The molecule has 0 atom stereocenters. The second-order valence-electron chi connectivity index (χ2n) is 5.52. The van der Waals surface area contributed by atoms with E-state index in [1.54, 1.807) is 7.11 Å². The van der Waals surface area contributed by atoms with Gasteiger partial charge in [-0.25, -0.2) is 0 Å². The van der Waals surface area contributed by atoms with Crippen molar-refractivity contribution in [2.24, 2.45) is 5.92 Å². The average molecular weight is 278 g/mol. The molecule has 0 amide bonds. The minimum Gasteiger partial charge on any atom is -0.496 e. The van der Waals surface area contributed by atoms with Crippen molar-refractivity contribution in [1.82, 2.24) is 5.32 Å². The van der Waals surface area contributed by atoms with Crippen molar-refractivity contribution in [2.75, 3.05) is 20.2 Å². The van der Waals surface area contributed by atoms with Crippen molar-refractivity contribution >= 4 is 17.7 Å². The first-order chi connectivity index (χ1) is 9.28. The van der Waals surface area contributed by atoms with Crippen LogP contribution in [0.2, 0.25) is 5.02 Å². The Kier molecular flexibility index (Phi) is 3.81. The van der Waals surface area contributed by atoms with Gasteiger partial charge in [-0.1, -0.05) is 23.3 Å². The highest BCUT2D eigenvalue weighted by molar-refractivity contribution is 6.32. The van der Waals surface area contributed by atoms with Crippen LogP contribution in [0.3, 0.4) is 0 Å². The molecule has 1 aromatic carbocycles. The number of rotatable bonds is 5. The minimum absolute atomic E-state index is 0.829. The fourth-order valence-corrected chi connectivity index (χ4v) is 2.91. The van der Waals surface area contributed by atoms with E-state index in [-0.39, 0.29) is 0 Å². The first-order valence-corrected chi connectivity index (χ1v) is 7.41. The maximum atomic E-state index is 6.31. The van der Waals surface area contributed by atoms with Crippen molar-refractivity contribution in [1.29, 1.82) is 0 Å². The minimum atomic E-state index is 0.829. The van der Waals surface area contributed by atoms with Crippen LogP contribution in [-0.2, 0) is 6.42 Å². The van der Waals surface area contributed by atoms with Gasteiger partial charge in [0, 0.05) is 17.1 Å². The maximum absolute atomic E-state index is 6.31. The van der Waals surface area contributed by atoms with Gasteiger partial charge in [0.2, 0.25) is 0 Å². The number of hydrogen-bond acceptors (Lipinski definition) is 2. The standard InChI is InChI=1S/C16H20ClNO/c1-19-16-7-6-15(17)14-8-12(4-5-13(14)16)10-18-9-11-2-3-11/h6-8,11,18H,2-5,9-10H2,1H3. The molecule has 2 aliphatic rings. The summed E-state index contributed by atoms with van der Waals surface area (Å²) in [4.78, 5) is 0. The Balaban J connectivity index is 1.74. The molecule has 102 valence electrons. The Morgan fingerprint density at radius 1 is 1.32 bits per heavy atom. The van der Waals surface area contributed by atoms with E-state index in [1.807, 2.05) is 12.1 Å². The van der Waals surface area contributed by atoms with Gasteiger partial charge in [-0.15, -0.1) is 0 Å². The number of methoxy groups -OCH3 is 1. The van der Waals surface area contributed by atoms with Gasteiger partial charge in [-0.2, -0.15) is 0 Å². The molecule has 0 aromatic heterocycles. The zero-order valence-corrected chi connectivity index (χ0v) is 12.1. The van der Waals surface area contributed by atoms with Crippen LogP contribution < -0.4 is 10.1 Å². The van der Waals surface area contributed by atoms with Crippen molar-refractivity contribution in [3.8, 4) is 5.75 Å². The Labute approximate surface area is 119 Å². The van der Waals surface area contributed by atoms with E-state index in [2.05, 4.69) is 11.4 Å². The first-order valence-electron chi connectivity index (χ1n) is 7.03. The molecule has 1 saturated carbocycles. The molecule has 19 heavy (non-hydrogen) atoms. The Morgan fingerprint density at radius 2 is 2.16 bits per heavy atom. The summed E-state index contributed by atoms with van der Waals surface area (Å²) in [6.45, 7) is 2.15. The van der Waals surface area contributed by atoms with Crippen molar-refractivity contribution in [3.63, 3.8) is 0 Å². The molecule has 0 bridgehead atoms. The van der Waals surface area contributed by atoms with E-state index in [4.69, 9.17) is 16.3 Å². The molecular formula is C16H20ClNO. The largest absolute Gasteiger partial charge is 0.496 e. The van der Waals surface area contributed by atoms with Crippen LogP contribution in [0.4, 0.5) is 0 Å². The predicted molar refractivity (Wildman–Crippen MR) is 79.9 cm³/mol. The molecule has 1 fully saturated rings. The fourth-order valence-electron chi connectivity index (χ4n) is 2.68. The quantitative estimate of drug-likeness (QED) is 0.886. The summed E-state index contributed by atoms with van der Waals surface area (Å²) in [6.07, 6.45) is 7.16. The van der Waals surface area contributed by atoms with Crippen LogP contribution in [0.1, 0.15) is 30.4 Å². The van der Waals surface area contributed by atoms with Crippen LogP contribution in [0.15, 0.2) is 17.7 Å². The Bertz CT molecular complexity index is 506. The first kappa shape index (κ1) is 13.0. The maximum Gasteiger partial charge on any atom is 0.122 e. The fraction of sp³-hybridized carbons (Fsp3) is 0.500. The van der Waals surface area contributed by atoms with Crippen molar-refractivity contribution < 1.29 is 4.74 Å². The van der Waals surface area contributed by atoms with E-state index in [9.17, 15) is 0 Å². The predicted octanol–water partition coefficient (Wildman–Crippen LogP) is 3.68. The van der Waals surface area contributed by atoms with E-state index in [0.29, 0.717) is 0 Å². The van der Waals surface area contributed by atoms with Crippen LogP contribution in [0.25, 0.3) is 6.08 Å². The third kappa shape index (κ3) is 2.96. The normalized spacial score (nSPS) is 17.9. The summed E-state index contributed by atoms with van der Waals surface area (Å²) in [5, 5.41) is 4.38. The van der Waals surface area contributed by atoms with Crippen LogP contribution in [0.5, 0.6) is 5.75 Å². The van der Waals surface area contributed by atoms with Gasteiger partial charge in [0.15, 0.2) is 0 Å². The van der Waals surface area contributed by atoms with Crippen LogP contribution in [-0.4, -0.2) is 20.2 Å². The van der Waals surface area contributed by atoms with Crippen molar-refractivity contribution in [2.45, 2.75) is 25.7 Å². The molecule has 2 aliphatic carbocycles. The summed E-state index contributed by atoms with van der Waals surface area (Å²) in [7, 11) is 1.72. The van der Waals surface area contributed by atoms with Gasteiger partial charge in [0.25, 0.3) is 0 Å². The molecule has 3 rings (SSSR count). The molecule has 1 aromatic rings. The third-order valence-corrected chi connectivity index (χ3v) is 4.34. The topological polar surface area (TPSA) is 21.3 Å². The summed E-state index contributed by atoms with van der Waals surface area (Å²) in [5.41, 5.74) is 3.85. The third-order valence-electron chi connectivity index (χ3n) is 4.01. The highest BCUT2D eigenvalue weighted by atomic mass is 35.5. The number of ether oxygens (including phenoxy) is 1. The van der Waals surface area contributed by atoms with E-state index < -0.39 is 0 Å². The van der Waals surface area contributed by atoms with Gasteiger partial charge < -0.3 is 10.1 Å². The zero-order chi connectivity index (χ0) is 13.2. The lowest BCUT2D eigenvalue weighted by molar-refractivity contribution is 0.409. The van der Waals surface area contributed by atoms with Crippen LogP contribution in [0, 0.1) is 5.92 Å². The van der Waals surface area contributed by atoms with Gasteiger partial charge in [0.1, 0.15) is 5.75 Å². The number of nitrogens with one attached hydrogen (secondary N) is 1. The molecule has 1 N–H and O–H groups in total. The SMILES string of the molecule is COc1ccc(Cl)c2c1CCC(CNCC1CC1)=C2.